The van der Waals surface area contributed by atoms with E-state index in [9.17, 15) is 5.21 Å². The molecular formula is C8H8N2O. The summed E-state index contributed by atoms with van der Waals surface area (Å²) in [5, 5.41) is 12.1. The molecule has 0 unspecified atom stereocenters. The Kier molecular flexibility index (Phi) is 1.12. The molecule has 3 nitrogen and oxygen atoms in total. The highest BCUT2D eigenvalue weighted by Gasteiger charge is 2.04. The number of nitrogens with one attached hydrogen (secondary N) is 1. The van der Waals surface area contributed by atoms with Gasteiger partial charge >= 0.3 is 0 Å². The van der Waals surface area contributed by atoms with Crippen LogP contribution in [0.4, 0.5) is 0 Å². The van der Waals surface area contributed by atoms with Gasteiger partial charge in [-0.05, 0) is 24.6 Å². The van der Waals surface area contributed by atoms with Gasteiger partial charge in [0.1, 0.15) is 0 Å². The van der Waals surface area contributed by atoms with E-state index in [1.807, 2.05) is 19.1 Å². The average Bonchev–Trinajstić information content (AvgIpc) is 2.45. The number of pyridine rings is 1. The Labute approximate surface area is 63.9 Å². The van der Waals surface area contributed by atoms with Gasteiger partial charge in [-0.3, -0.25) is 0 Å². The van der Waals surface area contributed by atoms with E-state index in [1.54, 1.807) is 6.20 Å². The first-order chi connectivity index (χ1) is 5.29. The Hall–Kier alpha value is -1.51. The van der Waals surface area contributed by atoms with Crippen LogP contribution in [0.5, 0.6) is 0 Å². The van der Waals surface area contributed by atoms with Crippen molar-refractivity contribution in [2.24, 2.45) is 0 Å². The molecule has 0 atom stereocenters. The number of fused-ring (bicyclic) bond motifs is 1. The van der Waals surface area contributed by atoms with Gasteiger partial charge in [-0.2, -0.15) is 0 Å². The number of aromatic amines is 1. The molecule has 3 heteroatoms. The molecule has 0 aliphatic carbocycles. The molecule has 0 saturated heterocycles. The maximum absolute atomic E-state index is 11.1. The van der Waals surface area contributed by atoms with Gasteiger partial charge in [-0.25, -0.2) is 9.71 Å². The van der Waals surface area contributed by atoms with Gasteiger partial charge in [-0.15, -0.1) is 0 Å². The molecule has 0 fully saturated rings. The summed E-state index contributed by atoms with van der Waals surface area (Å²) in [6, 6.07) is 3.71. The van der Waals surface area contributed by atoms with Crippen molar-refractivity contribution in [3.63, 3.8) is 0 Å². The third-order valence-corrected chi connectivity index (χ3v) is 1.83. The lowest BCUT2D eigenvalue weighted by Crippen LogP contribution is -2.26. The molecule has 0 saturated carbocycles. The largest absolute Gasteiger partial charge is 0.711 e. The molecule has 2 rings (SSSR count). The number of H-pyrrole nitrogens is 1. The summed E-state index contributed by atoms with van der Waals surface area (Å²) in [6.07, 6.45) is 3.28. The van der Waals surface area contributed by atoms with Crippen LogP contribution in [0.3, 0.4) is 0 Å². The SMILES string of the molecule is Cc1cc[n+]([O-])c2[nH]ccc12. The quantitative estimate of drug-likeness (QED) is 0.441. The Bertz CT molecular complexity index is 356. The Balaban J connectivity index is 2.96. The first-order valence-electron chi connectivity index (χ1n) is 3.45. The summed E-state index contributed by atoms with van der Waals surface area (Å²) in [5.74, 6) is 0. The predicted octanol–water partition coefficient (Wildman–Crippen LogP) is 1.11. The first-order valence-corrected chi connectivity index (χ1v) is 3.45. The number of aromatic nitrogens is 2. The maximum Gasteiger partial charge on any atom is 0.289 e. The van der Waals surface area contributed by atoms with E-state index in [0.29, 0.717) is 5.65 Å². The van der Waals surface area contributed by atoms with Crippen molar-refractivity contribution in [2.75, 3.05) is 0 Å². The standard InChI is InChI=1S/C8H8N2O/c1-6-3-5-10(11)8-7(6)2-4-9-8/h2-5,9H,1H3. The average molecular weight is 148 g/mol. The third kappa shape index (κ3) is 0.774. The molecule has 0 aromatic carbocycles. The van der Waals surface area contributed by atoms with Gasteiger partial charge in [-0.1, -0.05) is 0 Å². The number of hydrogen-bond donors (Lipinski definition) is 1. The van der Waals surface area contributed by atoms with E-state index in [2.05, 4.69) is 4.98 Å². The zero-order valence-electron chi connectivity index (χ0n) is 6.16. The predicted molar refractivity (Wildman–Crippen MR) is 42.0 cm³/mol. The van der Waals surface area contributed by atoms with E-state index in [0.717, 1.165) is 15.7 Å². The highest BCUT2D eigenvalue weighted by molar-refractivity contribution is 5.76. The molecule has 2 aromatic rings. The fourth-order valence-electron chi connectivity index (χ4n) is 1.20. The smallest absolute Gasteiger partial charge is 0.289 e. The monoisotopic (exact) mass is 148 g/mol. The maximum atomic E-state index is 11.1. The van der Waals surface area contributed by atoms with Crippen LogP contribution in [0.15, 0.2) is 24.5 Å². The zero-order chi connectivity index (χ0) is 7.84. The van der Waals surface area contributed by atoms with Crippen molar-refractivity contribution < 1.29 is 4.73 Å². The van der Waals surface area contributed by atoms with Crippen molar-refractivity contribution in [3.8, 4) is 0 Å². The number of hydrogen-bond acceptors (Lipinski definition) is 1. The fourth-order valence-corrected chi connectivity index (χ4v) is 1.20. The van der Waals surface area contributed by atoms with Crippen LogP contribution in [-0.4, -0.2) is 4.98 Å². The van der Waals surface area contributed by atoms with Crippen molar-refractivity contribution in [2.45, 2.75) is 6.92 Å². The second-order valence-electron chi connectivity index (χ2n) is 2.56. The minimum Gasteiger partial charge on any atom is -0.711 e. The minimum atomic E-state index is 0.630. The number of nitrogens with zero attached hydrogens (tertiary/aromatic N) is 1. The highest BCUT2D eigenvalue weighted by atomic mass is 16.5. The molecule has 0 aliphatic heterocycles. The van der Waals surface area contributed by atoms with E-state index >= 15 is 0 Å². The summed E-state index contributed by atoms with van der Waals surface area (Å²) in [7, 11) is 0. The molecule has 2 heterocycles. The summed E-state index contributed by atoms with van der Waals surface area (Å²) >= 11 is 0. The van der Waals surface area contributed by atoms with Gasteiger partial charge in [0.25, 0.3) is 5.65 Å². The summed E-state index contributed by atoms with van der Waals surface area (Å²) in [4.78, 5) is 2.88. The molecule has 0 bridgehead atoms. The molecule has 11 heavy (non-hydrogen) atoms. The Morgan fingerprint density at radius 2 is 2.27 bits per heavy atom. The second kappa shape index (κ2) is 1.99. The minimum absolute atomic E-state index is 0.630. The Morgan fingerprint density at radius 3 is 3.00 bits per heavy atom. The topological polar surface area (TPSA) is 42.7 Å². The van der Waals surface area contributed by atoms with Gasteiger partial charge in [0.05, 0.1) is 17.8 Å². The van der Waals surface area contributed by atoms with Gasteiger partial charge in [0, 0.05) is 0 Å². The molecule has 0 radical (unpaired) electrons. The molecule has 0 spiro atoms. The summed E-state index contributed by atoms with van der Waals surface area (Å²) < 4.78 is 0.836. The van der Waals surface area contributed by atoms with Gasteiger partial charge in [0.2, 0.25) is 0 Å². The van der Waals surface area contributed by atoms with E-state index in [4.69, 9.17) is 0 Å². The van der Waals surface area contributed by atoms with Crippen molar-refractivity contribution in [3.05, 3.63) is 35.3 Å². The molecular weight excluding hydrogens is 140 g/mol. The summed E-state index contributed by atoms with van der Waals surface area (Å²) in [6.45, 7) is 1.98. The molecule has 2 aromatic heterocycles. The normalized spacial score (nSPS) is 10.6. The van der Waals surface area contributed by atoms with Gasteiger partial charge in [0.15, 0.2) is 0 Å². The lowest BCUT2D eigenvalue weighted by molar-refractivity contribution is -0.579. The lowest BCUT2D eigenvalue weighted by atomic mass is 10.2. The number of aryl methyl sites for hydroxylation is 1. The van der Waals surface area contributed by atoms with Crippen LogP contribution in [0.1, 0.15) is 5.56 Å². The van der Waals surface area contributed by atoms with E-state index in [-0.39, 0.29) is 0 Å². The van der Waals surface area contributed by atoms with Crippen molar-refractivity contribution >= 4 is 11.0 Å². The van der Waals surface area contributed by atoms with Crippen LogP contribution in [-0.2, 0) is 0 Å². The first kappa shape index (κ1) is 6.22. The van der Waals surface area contributed by atoms with Crippen LogP contribution in [0, 0.1) is 12.1 Å². The van der Waals surface area contributed by atoms with Crippen molar-refractivity contribution in [1.82, 2.24) is 4.98 Å². The Morgan fingerprint density at radius 1 is 1.45 bits per heavy atom. The van der Waals surface area contributed by atoms with Crippen LogP contribution in [0.25, 0.3) is 11.0 Å². The van der Waals surface area contributed by atoms with Crippen LogP contribution < -0.4 is 4.73 Å². The van der Waals surface area contributed by atoms with Crippen LogP contribution >= 0.6 is 0 Å². The second-order valence-corrected chi connectivity index (χ2v) is 2.56. The fraction of sp³-hybridized carbons (Fsp3) is 0.125. The van der Waals surface area contributed by atoms with E-state index in [1.165, 1.54) is 6.20 Å². The summed E-state index contributed by atoms with van der Waals surface area (Å²) in [5.41, 5.74) is 1.75. The molecule has 0 amide bonds. The third-order valence-electron chi connectivity index (χ3n) is 1.83. The molecule has 0 aliphatic rings. The molecule has 56 valence electrons. The van der Waals surface area contributed by atoms with E-state index < -0.39 is 0 Å². The van der Waals surface area contributed by atoms with Gasteiger partial charge < -0.3 is 5.21 Å². The zero-order valence-corrected chi connectivity index (χ0v) is 6.16. The molecule has 1 N–H and O–H groups in total. The number of rotatable bonds is 0. The lowest BCUT2D eigenvalue weighted by Gasteiger charge is -2.02. The van der Waals surface area contributed by atoms with Crippen LogP contribution in [0.2, 0.25) is 0 Å². The van der Waals surface area contributed by atoms with Crippen molar-refractivity contribution in [1.29, 1.82) is 0 Å². The highest BCUT2D eigenvalue weighted by Crippen LogP contribution is 2.11.